The molecule has 47 heavy (non-hydrogen) atoms. The van der Waals surface area contributed by atoms with Crippen LogP contribution >= 0.6 is 23.2 Å². The van der Waals surface area contributed by atoms with Crippen molar-refractivity contribution in [2.45, 2.75) is 58.4 Å². The van der Waals surface area contributed by atoms with E-state index in [4.69, 9.17) is 42.6 Å². The highest BCUT2D eigenvalue weighted by atomic mass is 35.5. The minimum absolute atomic E-state index is 0.0718. The molecular formula is C33H37Cl2N7O5. The van der Waals surface area contributed by atoms with Gasteiger partial charge < -0.3 is 19.6 Å². The number of hydroxylamine groups is 2. The molecule has 0 unspecified atom stereocenters. The molecule has 0 bridgehead atoms. The van der Waals surface area contributed by atoms with Crippen LogP contribution in [0.15, 0.2) is 60.8 Å². The molecule has 5 rings (SSSR count). The van der Waals surface area contributed by atoms with Crippen LogP contribution in [-0.2, 0) is 10.3 Å². The number of nitrogens with one attached hydrogen (secondary N) is 3. The molecule has 14 heteroatoms. The first-order valence-corrected chi connectivity index (χ1v) is 15.7. The zero-order valence-corrected chi connectivity index (χ0v) is 28.5. The summed E-state index contributed by atoms with van der Waals surface area (Å²) in [5.41, 5.74) is 1.28. The number of urea groups is 1. The van der Waals surface area contributed by atoms with Crippen molar-refractivity contribution in [3.63, 3.8) is 0 Å². The van der Waals surface area contributed by atoms with Gasteiger partial charge in [-0.3, -0.25) is 10.6 Å². The van der Waals surface area contributed by atoms with Crippen molar-refractivity contribution in [3.05, 3.63) is 76.5 Å². The third-order valence-corrected chi connectivity index (χ3v) is 8.40. The predicted octanol–water partition coefficient (Wildman–Crippen LogP) is 8.65. The van der Waals surface area contributed by atoms with Crippen LogP contribution < -0.4 is 25.4 Å². The summed E-state index contributed by atoms with van der Waals surface area (Å²) in [4.78, 5) is 35.3. The fraction of sp³-hybridized carbons (Fsp3) is 0.333. The average Bonchev–Trinajstić information content (AvgIpc) is 3.59. The number of halogens is 2. The molecule has 1 aliphatic heterocycles. The summed E-state index contributed by atoms with van der Waals surface area (Å²) in [6.45, 7) is 10.8. The number of rotatable bonds is 8. The topological polar surface area (TPSA) is 132 Å². The fourth-order valence-electron chi connectivity index (χ4n) is 4.88. The quantitative estimate of drug-likeness (QED) is 0.168. The summed E-state index contributed by atoms with van der Waals surface area (Å²) in [6, 6.07) is 14.9. The van der Waals surface area contributed by atoms with Crippen LogP contribution in [-0.4, -0.2) is 51.1 Å². The van der Waals surface area contributed by atoms with Crippen molar-refractivity contribution in [3.8, 4) is 22.9 Å². The number of hydrogen-bond acceptors (Lipinski definition) is 8. The molecule has 0 spiro atoms. The maximum absolute atomic E-state index is 13.2. The van der Waals surface area contributed by atoms with Gasteiger partial charge >= 0.3 is 12.1 Å². The molecule has 3 N–H and O–H groups in total. The summed E-state index contributed by atoms with van der Waals surface area (Å²) >= 11 is 13.1. The zero-order valence-electron chi connectivity index (χ0n) is 27.0. The lowest BCUT2D eigenvalue weighted by Crippen LogP contribution is -2.40. The number of hydrogen-bond donors (Lipinski definition) is 3. The third-order valence-electron chi connectivity index (χ3n) is 7.54. The van der Waals surface area contributed by atoms with E-state index < -0.39 is 12.1 Å². The number of nitrogens with zero attached hydrogens (tertiary/aromatic N) is 4. The zero-order chi connectivity index (χ0) is 33.9. The van der Waals surface area contributed by atoms with E-state index >= 15 is 0 Å². The van der Waals surface area contributed by atoms with Crippen molar-refractivity contribution < 1.29 is 23.9 Å². The molecule has 12 nitrogen and oxygen atoms in total. The van der Waals surface area contributed by atoms with Crippen LogP contribution in [0.1, 0.15) is 53.2 Å². The molecular weight excluding hydrogens is 645 g/mol. The van der Waals surface area contributed by atoms with E-state index in [9.17, 15) is 9.59 Å². The van der Waals surface area contributed by atoms with E-state index in [0.29, 0.717) is 23.9 Å². The Hall–Kier alpha value is -4.52. The number of benzene rings is 2. The number of anilines is 3. The lowest BCUT2D eigenvalue weighted by molar-refractivity contribution is -0.135. The van der Waals surface area contributed by atoms with Crippen molar-refractivity contribution >= 4 is 52.6 Å². The van der Waals surface area contributed by atoms with Crippen LogP contribution in [0.5, 0.6) is 17.2 Å². The predicted molar refractivity (Wildman–Crippen MR) is 182 cm³/mol. The second-order valence-electron chi connectivity index (χ2n) is 12.6. The first-order chi connectivity index (χ1) is 22.2. The van der Waals surface area contributed by atoms with Gasteiger partial charge in [-0.1, -0.05) is 44.0 Å². The Kier molecular flexibility index (Phi) is 9.85. The van der Waals surface area contributed by atoms with Gasteiger partial charge in [-0.2, -0.15) is 5.10 Å². The van der Waals surface area contributed by atoms with Gasteiger partial charge in [0.25, 0.3) is 0 Å². The number of carbonyl (C=O) groups excluding carboxylic acids is 2. The molecule has 0 aliphatic carbocycles. The van der Waals surface area contributed by atoms with Crippen LogP contribution in [0.2, 0.25) is 10.0 Å². The van der Waals surface area contributed by atoms with Crippen LogP contribution in [0.3, 0.4) is 0 Å². The van der Waals surface area contributed by atoms with Crippen molar-refractivity contribution in [1.29, 1.82) is 0 Å². The average molecular weight is 683 g/mol. The summed E-state index contributed by atoms with van der Waals surface area (Å²) in [5, 5.41) is 14.8. The molecule has 4 aromatic rings. The van der Waals surface area contributed by atoms with E-state index in [2.05, 4.69) is 20.9 Å². The Balaban J connectivity index is 1.26. The van der Waals surface area contributed by atoms with E-state index in [-0.39, 0.29) is 38.3 Å². The standard InChI is InChI=1S/C33H37Cl2N7O5/c1-32(2,3)25-19-27(42(40-25)20-8-10-21(45-6)11-9-20)39-30(43)37-23-12-13-24(29(35)28(23)34)46-22-14-16-36-26(18-22)38-31(44)47-41-17-7-15-33(41,4)5/h8-14,16,18-19H,7,15,17H2,1-6H3,(H,36,38,44)(H2,37,39,43). The fourth-order valence-corrected chi connectivity index (χ4v) is 5.29. The molecule has 2 aromatic heterocycles. The van der Waals surface area contributed by atoms with E-state index in [1.165, 1.54) is 12.3 Å². The minimum Gasteiger partial charge on any atom is -0.497 e. The third kappa shape index (κ3) is 8.07. The molecule has 3 amide bonds. The highest BCUT2D eigenvalue weighted by Crippen LogP contribution is 2.40. The van der Waals surface area contributed by atoms with Gasteiger partial charge in [0.15, 0.2) is 0 Å². The van der Waals surface area contributed by atoms with Crippen molar-refractivity contribution in [1.82, 2.24) is 19.8 Å². The molecule has 0 atom stereocenters. The smallest absolute Gasteiger partial charge is 0.431 e. The Morgan fingerprint density at radius 2 is 1.68 bits per heavy atom. The van der Waals surface area contributed by atoms with E-state index in [1.54, 1.807) is 35.1 Å². The Morgan fingerprint density at radius 3 is 2.34 bits per heavy atom. The van der Waals surface area contributed by atoms with Gasteiger partial charge in [0.05, 0.1) is 34.7 Å². The van der Waals surface area contributed by atoms with Crippen LogP contribution in [0.25, 0.3) is 5.69 Å². The van der Waals surface area contributed by atoms with E-state index in [1.807, 2.05) is 65.0 Å². The second kappa shape index (κ2) is 13.7. The maximum Gasteiger partial charge on any atom is 0.431 e. The van der Waals surface area contributed by atoms with Crippen LogP contribution in [0, 0.1) is 0 Å². The number of aromatic nitrogens is 3. The summed E-state index contributed by atoms with van der Waals surface area (Å²) < 4.78 is 12.9. The number of methoxy groups -OCH3 is 1. The SMILES string of the molecule is COc1ccc(-n2nc(C(C)(C)C)cc2NC(=O)Nc2ccc(Oc3ccnc(NC(=O)ON4CCCC4(C)C)c3)c(Cl)c2Cl)cc1. The second-order valence-corrected chi connectivity index (χ2v) is 13.3. The Morgan fingerprint density at radius 1 is 0.936 bits per heavy atom. The summed E-state index contributed by atoms with van der Waals surface area (Å²) in [5.74, 6) is 1.95. The van der Waals surface area contributed by atoms with Gasteiger partial charge in [-0.15, -0.1) is 5.06 Å². The van der Waals surface area contributed by atoms with Gasteiger partial charge in [0, 0.05) is 30.3 Å². The molecule has 1 saturated heterocycles. The number of ether oxygens (including phenoxy) is 2. The molecule has 1 fully saturated rings. The first-order valence-electron chi connectivity index (χ1n) is 14.9. The molecule has 2 aromatic carbocycles. The lowest BCUT2D eigenvalue weighted by Gasteiger charge is -2.29. The molecule has 0 saturated carbocycles. The van der Waals surface area contributed by atoms with Crippen LogP contribution in [0.4, 0.5) is 26.9 Å². The van der Waals surface area contributed by atoms with Crippen molar-refractivity contribution in [2.75, 3.05) is 29.6 Å². The maximum atomic E-state index is 13.2. The van der Waals surface area contributed by atoms with Crippen molar-refractivity contribution in [2.24, 2.45) is 0 Å². The highest BCUT2D eigenvalue weighted by molar-refractivity contribution is 6.45. The van der Waals surface area contributed by atoms with E-state index in [0.717, 1.165) is 24.2 Å². The normalized spacial score (nSPS) is 14.4. The minimum atomic E-state index is -0.652. The Bertz CT molecular complexity index is 1770. The lowest BCUT2D eigenvalue weighted by atomic mass is 9.92. The monoisotopic (exact) mass is 681 g/mol. The highest BCUT2D eigenvalue weighted by Gasteiger charge is 2.35. The van der Waals surface area contributed by atoms with Gasteiger partial charge in [-0.05, 0) is 69.2 Å². The first kappa shape index (κ1) is 33.8. The molecule has 248 valence electrons. The molecule has 0 radical (unpaired) electrons. The molecule has 1 aliphatic rings. The van der Waals surface area contributed by atoms with Gasteiger partial charge in [0.2, 0.25) is 0 Å². The number of pyridine rings is 1. The number of carbonyl (C=O) groups is 2. The number of amides is 3. The summed E-state index contributed by atoms with van der Waals surface area (Å²) in [7, 11) is 1.60. The largest absolute Gasteiger partial charge is 0.497 e. The van der Waals surface area contributed by atoms with Gasteiger partial charge in [0.1, 0.15) is 33.9 Å². The Labute approximate surface area is 283 Å². The summed E-state index contributed by atoms with van der Waals surface area (Å²) in [6.07, 6.45) is 2.70. The molecule has 3 heterocycles. The van der Waals surface area contributed by atoms with Gasteiger partial charge in [-0.25, -0.2) is 19.3 Å².